The quantitative estimate of drug-likeness (QED) is 0.621. The Morgan fingerprint density at radius 1 is 1.09 bits per heavy atom. The maximum atomic E-state index is 5.77. The number of hydrogen-bond donors (Lipinski definition) is 0. The number of hydrogen-bond acceptors (Lipinski definition) is 5. The van der Waals surface area contributed by atoms with Gasteiger partial charge in [0.15, 0.2) is 5.15 Å². The minimum Gasteiger partial charge on any atom is -0.474 e. The van der Waals surface area contributed by atoms with Crippen LogP contribution in [0.2, 0.25) is 5.15 Å². The number of nitrogens with zero attached hydrogens (tertiary/aromatic N) is 2. The van der Waals surface area contributed by atoms with Crippen LogP contribution in [-0.2, 0) is 16.1 Å². The third-order valence-corrected chi connectivity index (χ3v) is 3.29. The molecule has 2 aromatic rings. The molecule has 23 heavy (non-hydrogen) atoms. The fourth-order valence-corrected chi connectivity index (χ4v) is 1.99. The Labute approximate surface area is 141 Å². The van der Waals surface area contributed by atoms with Crippen LogP contribution in [0.4, 0.5) is 0 Å². The smallest absolute Gasteiger partial charge is 0.233 e. The first-order chi connectivity index (χ1) is 11.2. The zero-order chi connectivity index (χ0) is 16.3. The van der Waals surface area contributed by atoms with E-state index in [4.69, 9.17) is 25.8 Å². The molecule has 1 atom stereocenters. The highest BCUT2D eigenvalue weighted by Crippen LogP contribution is 2.09. The lowest BCUT2D eigenvalue weighted by atomic mass is 10.2. The van der Waals surface area contributed by atoms with Gasteiger partial charge in [-0.1, -0.05) is 41.9 Å². The molecular formula is C17H21ClN2O3. The van der Waals surface area contributed by atoms with Crippen LogP contribution >= 0.6 is 11.6 Å². The maximum Gasteiger partial charge on any atom is 0.233 e. The van der Waals surface area contributed by atoms with Crippen molar-refractivity contribution >= 4 is 11.6 Å². The molecule has 0 aliphatic rings. The largest absolute Gasteiger partial charge is 0.474 e. The summed E-state index contributed by atoms with van der Waals surface area (Å²) in [5.41, 5.74) is 1.18. The summed E-state index contributed by atoms with van der Waals surface area (Å²) in [5.74, 6) is 0.403. The molecule has 124 valence electrons. The summed E-state index contributed by atoms with van der Waals surface area (Å²) >= 11 is 5.72. The Morgan fingerprint density at radius 2 is 1.91 bits per heavy atom. The van der Waals surface area contributed by atoms with E-state index < -0.39 is 0 Å². The van der Waals surface area contributed by atoms with Crippen LogP contribution in [0.25, 0.3) is 0 Å². The van der Waals surface area contributed by atoms with Gasteiger partial charge in [0.2, 0.25) is 5.88 Å². The lowest BCUT2D eigenvalue weighted by molar-refractivity contribution is 0.0174. The Bertz CT molecular complexity index is 569. The van der Waals surface area contributed by atoms with Crippen LogP contribution in [0.3, 0.4) is 0 Å². The van der Waals surface area contributed by atoms with E-state index in [9.17, 15) is 0 Å². The molecule has 1 unspecified atom stereocenters. The van der Waals surface area contributed by atoms with Crippen LogP contribution in [0.15, 0.2) is 42.7 Å². The number of halogens is 1. The van der Waals surface area contributed by atoms with E-state index in [2.05, 4.69) is 22.1 Å². The highest BCUT2D eigenvalue weighted by molar-refractivity contribution is 6.29. The highest BCUT2D eigenvalue weighted by atomic mass is 35.5. The molecule has 0 saturated heterocycles. The molecular weight excluding hydrogens is 316 g/mol. The molecule has 0 saturated carbocycles. The van der Waals surface area contributed by atoms with Crippen LogP contribution in [0.1, 0.15) is 18.9 Å². The average molecular weight is 337 g/mol. The molecule has 0 aliphatic heterocycles. The SMILES string of the molecule is CC(CCOCCOc1cncc(Cl)n1)OCc1ccccc1. The highest BCUT2D eigenvalue weighted by Gasteiger charge is 2.03. The van der Waals surface area contributed by atoms with Gasteiger partial charge in [-0.3, -0.25) is 4.98 Å². The number of ether oxygens (including phenoxy) is 3. The summed E-state index contributed by atoms with van der Waals surface area (Å²) < 4.78 is 16.7. The number of benzene rings is 1. The van der Waals surface area contributed by atoms with Crippen molar-refractivity contribution in [2.24, 2.45) is 0 Å². The van der Waals surface area contributed by atoms with E-state index in [0.29, 0.717) is 37.5 Å². The van der Waals surface area contributed by atoms with Gasteiger partial charge in [-0.2, -0.15) is 4.98 Å². The summed E-state index contributed by atoms with van der Waals surface area (Å²) in [6.07, 6.45) is 3.96. The molecule has 1 heterocycles. The predicted octanol–water partition coefficient (Wildman–Crippen LogP) is 3.52. The molecule has 1 aromatic heterocycles. The molecule has 1 aromatic carbocycles. The fourth-order valence-electron chi connectivity index (χ4n) is 1.85. The first-order valence-electron chi connectivity index (χ1n) is 7.57. The van der Waals surface area contributed by atoms with Gasteiger partial charge < -0.3 is 14.2 Å². The summed E-state index contributed by atoms with van der Waals surface area (Å²) in [6, 6.07) is 10.1. The van der Waals surface area contributed by atoms with Crippen molar-refractivity contribution in [3.63, 3.8) is 0 Å². The molecule has 0 amide bonds. The van der Waals surface area contributed by atoms with Gasteiger partial charge in [0.25, 0.3) is 0 Å². The zero-order valence-corrected chi connectivity index (χ0v) is 13.9. The van der Waals surface area contributed by atoms with E-state index >= 15 is 0 Å². The van der Waals surface area contributed by atoms with Crippen LogP contribution in [0.5, 0.6) is 5.88 Å². The second-order valence-corrected chi connectivity index (χ2v) is 5.42. The molecule has 6 heteroatoms. The van der Waals surface area contributed by atoms with Gasteiger partial charge in [-0.05, 0) is 18.9 Å². The number of rotatable bonds is 10. The Balaban J connectivity index is 1.50. The van der Waals surface area contributed by atoms with Crippen molar-refractivity contribution in [1.82, 2.24) is 9.97 Å². The minimum absolute atomic E-state index is 0.148. The molecule has 2 rings (SSSR count). The van der Waals surface area contributed by atoms with Crippen LogP contribution in [0, 0.1) is 0 Å². The van der Waals surface area contributed by atoms with Gasteiger partial charge in [0, 0.05) is 6.61 Å². The fraction of sp³-hybridized carbons (Fsp3) is 0.412. The van der Waals surface area contributed by atoms with Crippen molar-refractivity contribution in [1.29, 1.82) is 0 Å². The molecule has 0 fully saturated rings. The first kappa shape index (κ1) is 17.7. The lowest BCUT2D eigenvalue weighted by Gasteiger charge is -2.13. The summed E-state index contributed by atoms with van der Waals surface area (Å²) in [6.45, 7) is 4.19. The molecule has 0 aliphatic carbocycles. The van der Waals surface area contributed by atoms with E-state index in [1.165, 1.54) is 18.0 Å². The lowest BCUT2D eigenvalue weighted by Crippen LogP contribution is -2.14. The molecule has 0 bridgehead atoms. The number of aromatic nitrogens is 2. The standard InChI is InChI=1S/C17H21ClN2O3/c1-14(23-13-15-5-3-2-4-6-15)7-8-21-9-10-22-17-12-19-11-16(18)20-17/h2-6,11-12,14H,7-10,13H2,1H3. The van der Waals surface area contributed by atoms with E-state index in [0.717, 1.165) is 6.42 Å². The van der Waals surface area contributed by atoms with E-state index in [-0.39, 0.29) is 6.10 Å². The van der Waals surface area contributed by atoms with Gasteiger partial charge >= 0.3 is 0 Å². The van der Waals surface area contributed by atoms with Gasteiger partial charge in [-0.15, -0.1) is 0 Å². The topological polar surface area (TPSA) is 53.5 Å². The van der Waals surface area contributed by atoms with Crippen molar-refractivity contribution in [2.45, 2.75) is 26.1 Å². The second-order valence-electron chi connectivity index (χ2n) is 5.04. The van der Waals surface area contributed by atoms with Crippen molar-refractivity contribution in [3.05, 3.63) is 53.4 Å². The van der Waals surface area contributed by atoms with E-state index in [1.54, 1.807) is 0 Å². The Kier molecular flexibility index (Phi) is 7.80. The zero-order valence-electron chi connectivity index (χ0n) is 13.2. The predicted molar refractivity (Wildman–Crippen MR) is 88.7 cm³/mol. The molecule has 5 nitrogen and oxygen atoms in total. The summed E-state index contributed by atoms with van der Waals surface area (Å²) in [7, 11) is 0. The van der Waals surface area contributed by atoms with Gasteiger partial charge in [0.1, 0.15) is 6.61 Å². The molecule has 0 radical (unpaired) electrons. The van der Waals surface area contributed by atoms with Crippen LogP contribution < -0.4 is 4.74 Å². The van der Waals surface area contributed by atoms with Gasteiger partial charge in [-0.25, -0.2) is 0 Å². The van der Waals surface area contributed by atoms with E-state index in [1.807, 2.05) is 25.1 Å². The van der Waals surface area contributed by atoms with Crippen molar-refractivity contribution in [3.8, 4) is 5.88 Å². The van der Waals surface area contributed by atoms with Crippen molar-refractivity contribution < 1.29 is 14.2 Å². The molecule has 0 spiro atoms. The van der Waals surface area contributed by atoms with Crippen LogP contribution in [-0.4, -0.2) is 35.9 Å². The summed E-state index contributed by atoms with van der Waals surface area (Å²) in [5, 5.41) is 0.313. The normalized spacial score (nSPS) is 12.1. The first-order valence-corrected chi connectivity index (χ1v) is 7.95. The monoisotopic (exact) mass is 336 g/mol. The second kappa shape index (κ2) is 10.2. The maximum absolute atomic E-state index is 5.77. The third kappa shape index (κ3) is 7.41. The Morgan fingerprint density at radius 3 is 2.70 bits per heavy atom. The Hall–Kier alpha value is -1.69. The minimum atomic E-state index is 0.148. The van der Waals surface area contributed by atoms with Crippen molar-refractivity contribution in [2.75, 3.05) is 19.8 Å². The average Bonchev–Trinajstić information content (AvgIpc) is 2.57. The summed E-state index contributed by atoms with van der Waals surface area (Å²) in [4.78, 5) is 7.87. The van der Waals surface area contributed by atoms with Gasteiger partial charge in [0.05, 0.1) is 31.7 Å². The molecule has 0 N–H and O–H groups in total. The third-order valence-electron chi connectivity index (χ3n) is 3.11.